The number of nitrogens with zero attached hydrogens (tertiary/aromatic N) is 3. The van der Waals surface area contributed by atoms with Crippen molar-refractivity contribution in [2.45, 2.75) is 26.3 Å². The van der Waals surface area contributed by atoms with Crippen LogP contribution in [0.5, 0.6) is 11.5 Å². The zero-order valence-corrected chi connectivity index (χ0v) is 17.8. The Labute approximate surface area is 174 Å². The Kier molecular flexibility index (Phi) is 6.49. The minimum atomic E-state index is -0.326. The van der Waals surface area contributed by atoms with Gasteiger partial charge in [-0.1, -0.05) is 0 Å². The maximum Gasteiger partial charge on any atom is 0.332 e. The third kappa shape index (κ3) is 4.19. The molecule has 2 heterocycles. The van der Waals surface area contributed by atoms with E-state index in [-0.39, 0.29) is 23.1 Å². The summed E-state index contributed by atoms with van der Waals surface area (Å²) in [5.41, 5.74) is -0.00667. The maximum atomic E-state index is 12.7. The van der Waals surface area contributed by atoms with Gasteiger partial charge in [-0.15, -0.1) is 0 Å². The first kappa shape index (κ1) is 21.5. The molecule has 1 aromatic carbocycles. The predicted octanol–water partition coefficient (Wildman–Crippen LogP) is 1.44. The van der Waals surface area contributed by atoms with Crippen LogP contribution in [0.25, 0.3) is 0 Å². The summed E-state index contributed by atoms with van der Waals surface area (Å²) in [7, 11) is 4.59. The fraction of sp³-hybridized carbons (Fsp3) is 0.476. The molecular weight excluding hydrogens is 388 g/mol. The van der Waals surface area contributed by atoms with Crippen molar-refractivity contribution in [2.75, 3.05) is 37.5 Å². The number of rotatable bonds is 6. The van der Waals surface area contributed by atoms with E-state index in [0.717, 1.165) is 4.57 Å². The molecule has 0 bridgehead atoms. The minimum absolute atomic E-state index is 0.0567. The Morgan fingerprint density at radius 3 is 2.37 bits per heavy atom. The number of methoxy groups -OCH3 is 2. The van der Waals surface area contributed by atoms with Crippen LogP contribution >= 0.6 is 0 Å². The van der Waals surface area contributed by atoms with Gasteiger partial charge in [-0.3, -0.25) is 18.7 Å². The summed E-state index contributed by atoms with van der Waals surface area (Å²) in [6.07, 6.45) is 1.26. The van der Waals surface area contributed by atoms with Crippen LogP contribution in [-0.4, -0.2) is 42.4 Å². The molecule has 3 rings (SSSR count). The highest BCUT2D eigenvalue weighted by Crippen LogP contribution is 2.30. The van der Waals surface area contributed by atoms with Crippen LogP contribution in [-0.2, 0) is 18.4 Å². The summed E-state index contributed by atoms with van der Waals surface area (Å²) >= 11 is 0. The fourth-order valence-corrected chi connectivity index (χ4v) is 3.75. The molecule has 1 aromatic heterocycles. The molecule has 0 aliphatic carbocycles. The number of carbonyl (C=O) groups excluding carboxylic acids is 1. The number of hydrogen-bond donors (Lipinski definition) is 1. The topological polar surface area (TPSA) is 94.8 Å². The van der Waals surface area contributed by atoms with E-state index in [9.17, 15) is 14.4 Å². The number of piperidine rings is 1. The predicted molar refractivity (Wildman–Crippen MR) is 115 cm³/mol. The van der Waals surface area contributed by atoms with E-state index in [4.69, 9.17) is 9.47 Å². The lowest BCUT2D eigenvalue weighted by molar-refractivity contribution is -0.120. The standard InChI is InChI=1S/C21H28N4O5/c1-5-25-18(13-19(26)23(2)21(25)28)24-10-8-14(9-11-24)20(27)22-15-6-7-16(29-3)17(12-15)30-4/h6-7,12-14H,5,8-11H2,1-4H3,(H,22,27). The molecule has 0 radical (unpaired) electrons. The van der Waals surface area contributed by atoms with Gasteiger partial charge in [-0.05, 0) is 31.9 Å². The highest BCUT2D eigenvalue weighted by Gasteiger charge is 2.27. The molecule has 0 unspecified atom stereocenters. The Hall–Kier alpha value is -3.23. The van der Waals surface area contributed by atoms with E-state index in [1.54, 1.807) is 37.0 Å². The van der Waals surface area contributed by atoms with Gasteiger partial charge in [0.15, 0.2) is 11.5 Å². The number of carbonyl (C=O) groups is 1. The van der Waals surface area contributed by atoms with Gasteiger partial charge in [0.1, 0.15) is 5.82 Å². The highest BCUT2D eigenvalue weighted by molar-refractivity contribution is 5.93. The molecule has 1 aliphatic heterocycles. The van der Waals surface area contributed by atoms with Gasteiger partial charge >= 0.3 is 5.69 Å². The fourth-order valence-electron chi connectivity index (χ4n) is 3.75. The van der Waals surface area contributed by atoms with Crippen molar-refractivity contribution in [1.29, 1.82) is 0 Å². The van der Waals surface area contributed by atoms with Gasteiger partial charge in [0.05, 0.1) is 14.2 Å². The maximum absolute atomic E-state index is 12.7. The Morgan fingerprint density at radius 1 is 1.10 bits per heavy atom. The molecule has 0 spiro atoms. The molecule has 2 aromatic rings. The Balaban J connectivity index is 1.68. The molecule has 1 aliphatic rings. The number of aromatic nitrogens is 2. The molecule has 1 saturated heterocycles. The van der Waals surface area contributed by atoms with Crippen LogP contribution < -0.4 is 30.9 Å². The first-order chi connectivity index (χ1) is 14.4. The number of nitrogens with one attached hydrogen (secondary N) is 1. The SMILES string of the molecule is CCn1c(N2CCC(C(=O)Nc3ccc(OC)c(OC)c3)CC2)cc(=O)n(C)c1=O. The van der Waals surface area contributed by atoms with Crippen molar-refractivity contribution in [1.82, 2.24) is 9.13 Å². The summed E-state index contributed by atoms with van der Waals surface area (Å²) in [5.74, 6) is 1.55. The molecule has 9 heteroatoms. The largest absolute Gasteiger partial charge is 0.493 e. The van der Waals surface area contributed by atoms with Crippen molar-refractivity contribution < 1.29 is 14.3 Å². The molecule has 1 amide bonds. The number of anilines is 2. The second-order valence-electron chi connectivity index (χ2n) is 7.25. The molecule has 1 fully saturated rings. The molecule has 1 N–H and O–H groups in total. The summed E-state index contributed by atoms with van der Waals surface area (Å²) in [5, 5.41) is 2.94. The van der Waals surface area contributed by atoms with Crippen LogP contribution in [0.4, 0.5) is 11.5 Å². The van der Waals surface area contributed by atoms with Gasteiger partial charge in [0.2, 0.25) is 5.91 Å². The van der Waals surface area contributed by atoms with Gasteiger partial charge in [0.25, 0.3) is 5.56 Å². The summed E-state index contributed by atoms with van der Waals surface area (Å²) in [4.78, 5) is 39.2. The van der Waals surface area contributed by atoms with Crippen LogP contribution in [0, 0.1) is 5.92 Å². The summed E-state index contributed by atoms with van der Waals surface area (Å²) in [6, 6.07) is 6.74. The molecule has 9 nitrogen and oxygen atoms in total. The average Bonchev–Trinajstić information content (AvgIpc) is 2.77. The van der Waals surface area contributed by atoms with Crippen LogP contribution in [0.1, 0.15) is 19.8 Å². The number of ether oxygens (including phenoxy) is 2. The number of amides is 1. The Bertz CT molecular complexity index is 1030. The van der Waals surface area contributed by atoms with E-state index in [1.807, 2.05) is 11.8 Å². The van der Waals surface area contributed by atoms with E-state index >= 15 is 0 Å². The number of hydrogen-bond acceptors (Lipinski definition) is 6. The van der Waals surface area contributed by atoms with E-state index in [2.05, 4.69) is 5.32 Å². The van der Waals surface area contributed by atoms with Gasteiger partial charge in [-0.2, -0.15) is 0 Å². The zero-order chi connectivity index (χ0) is 21.8. The second kappa shape index (κ2) is 9.06. The first-order valence-electron chi connectivity index (χ1n) is 9.98. The lowest BCUT2D eigenvalue weighted by atomic mass is 9.95. The smallest absolute Gasteiger partial charge is 0.332 e. The zero-order valence-electron chi connectivity index (χ0n) is 17.8. The van der Waals surface area contributed by atoms with Crippen molar-refractivity contribution >= 4 is 17.4 Å². The monoisotopic (exact) mass is 416 g/mol. The minimum Gasteiger partial charge on any atom is -0.493 e. The van der Waals surface area contributed by atoms with Gasteiger partial charge < -0.3 is 19.7 Å². The highest BCUT2D eigenvalue weighted by atomic mass is 16.5. The van der Waals surface area contributed by atoms with Crippen molar-refractivity contribution in [3.8, 4) is 11.5 Å². The molecule has 162 valence electrons. The van der Waals surface area contributed by atoms with Crippen LogP contribution in [0.15, 0.2) is 33.9 Å². The third-order valence-electron chi connectivity index (χ3n) is 5.53. The van der Waals surface area contributed by atoms with Crippen molar-refractivity contribution in [3.05, 3.63) is 45.1 Å². The number of benzene rings is 1. The average molecular weight is 416 g/mol. The quantitative estimate of drug-likeness (QED) is 0.766. The summed E-state index contributed by atoms with van der Waals surface area (Å²) < 4.78 is 13.2. The van der Waals surface area contributed by atoms with E-state index in [1.165, 1.54) is 13.1 Å². The summed E-state index contributed by atoms with van der Waals surface area (Å²) in [6.45, 7) is 3.54. The second-order valence-corrected chi connectivity index (χ2v) is 7.25. The molecule has 0 saturated carbocycles. The van der Waals surface area contributed by atoms with Gasteiger partial charge in [0, 0.05) is 50.4 Å². The van der Waals surface area contributed by atoms with Gasteiger partial charge in [-0.25, -0.2) is 4.79 Å². The normalized spacial score (nSPS) is 14.5. The first-order valence-corrected chi connectivity index (χ1v) is 9.98. The van der Waals surface area contributed by atoms with Crippen molar-refractivity contribution in [3.63, 3.8) is 0 Å². The lowest BCUT2D eigenvalue weighted by Crippen LogP contribution is -2.44. The van der Waals surface area contributed by atoms with Crippen molar-refractivity contribution in [2.24, 2.45) is 13.0 Å². The lowest BCUT2D eigenvalue weighted by Gasteiger charge is -2.34. The van der Waals surface area contributed by atoms with E-state index < -0.39 is 0 Å². The van der Waals surface area contributed by atoms with Crippen LogP contribution in [0.2, 0.25) is 0 Å². The molecule has 0 atom stereocenters. The van der Waals surface area contributed by atoms with Crippen LogP contribution in [0.3, 0.4) is 0 Å². The molecular formula is C21H28N4O5. The molecule has 30 heavy (non-hydrogen) atoms. The Morgan fingerprint density at radius 2 is 1.77 bits per heavy atom. The third-order valence-corrected chi connectivity index (χ3v) is 5.53. The van der Waals surface area contributed by atoms with E-state index in [0.29, 0.717) is 55.5 Å².